The number of methoxy groups -OCH3 is 2. The van der Waals surface area contributed by atoms with Crippen molar-refractivity contribution in [2.24, 2.45) is 13.0 Å². The highest BCUT2D eigenvalue weighted by atomic mass is 35.5. The number of phenols is 1. The number of aromatic nitrogens is 5. The molecule has 2 aliphatic heterocycles. The summed E-state index contributed by atoms with van der Waals surface area (Å²) in [5.41, 5.74) is 2.11. The standard InChI is InChI=1S/C43H37ClFN7O8/c1-48-33-22-36(60-3)35(59-2)21-31(33)46-30(39(48)55)17-18-49-41(57)50-19-16-27-32(52(50)42(49)58)20-29-38(54)51(47-26-14-12-25(45)13-15-26)40(56)43(29,23-8-10-24(44)11-9-23)37(27)28-6-4-5-7-34(28)53/h4-16,21-22,29,32,37,47,53H,17-20H2,1-3H3. The molecule has 15 nitrogen and oxygen atoms in total. The fourth-order valence-corrected chi connectivity index (χ4v) is 9.45. The van der Waals surface area contributed by atoms with Crippen molar-refractivity contribution in [2.75, 3.05) is 19.6 Å². The molecule has 60 heavy (non-hydrogen) atoms. The number of nitrogens with one attached hydrogen (secondary N) is 1. The first-order chi connectivity index (χ1) is 28.9. The van der Waals surface area contributed by atoms with Gasteiger partial charge in [0.2, 0.25) is 0 Å². The van der Waals surface area contributed by atoms with Gasteiger partial charge in [0.15, 0.2) is 11.5 Å². The Hall–Kier alpha value is -6.94. The number of para-hydroxylation sites is 1. The second-order valence-corrected chi connectivity index (χ2v) is 15.4. The first-order valence-electron chi connectivity index (χ1n) is 19.1. The highest BCUT2D eigenvalue weighted by molar-refractivity contribution is 6.30. The highest BCUT2D eigenvalue weighted by Crippen LogP contribution is 2.62. The number of amides is 2. The normalized spacial score (nSPS) is 20.7. The molecule has 0 spiro atoms. The van der Waals surface area contributed by atoms with E-state index in [4.69, 9.17) is 21.1 Å². The zero-order chi connectivity index (χ0) is 42.2. The molecule has 2 amide bonds. The van der Waals surface area contributed by atoms with E-state index < -0.39 is 57.9 Å². The number of fused-ring (bicyclic) bond motifs is 5. The van der Waals surface area contributed by atoms with E-state index in [1.165, 1.54) is 58.5 Å². The topological polar surface area (TPSA) is 172 Å². The molecule has 2 N–H and O–H groups in total. The summed E-state index contributed by atoms with van der Waals surface area (Å²) in [6.45, 7) is -0.267. The molecular weight excluding hydrogens is 797 g/mol. The van der Waals surface area contributed by atoms with Gasteiger partial charge < -0.3 is 19.1 Å². The van der Waals surface area contributed by atoms with Crippen molar-refractivity contribution >= 4 is 40.1 Å². The number of benzene rings is 4. The van der Waals surface area contributed by atoms with E-state index in [-0.39, 0.29) is 43.1 Å². The Kier molecular flexibility index (Phi) is 9.26. The maximum Gasteiger partial charge on any atom is 0.347 e. The van der Waals surface area contributed by atoms with Crippen LogP contribution in [0.1, 0.15) is 35.2 Å². The van der Waals surface area contributed by atoms with E-state index in [2.05, 4.69) is 10.4 Å². The molecule has 1 aliphatic carbocycles. The van der Waals surface area contributed by atoms with Gasteiger partial charge >= 0.3 is 11.4 Å². The highest BCUT2D eigenvalue weighted by Gasteiger charge is 2.69. The zero-order valence-electron chi connectivity index (χ0n) is 32.5. The van der Waals surface area contributed by atoms with Gasteiger partial charge in [0, 0.05) is 48.6 Å². The van der Waals surface area contributed by atoms with E-state index in [1.54, 1.807) is 67.7 Å². The van der Waals surface area contributed by atoms with Gasteiger partial charge in [-0.15, -0.1) is 0 Å². The van der Waals surface area contributed by atoms with Crippen LogP contribution in [0.3, 0.4) is 0 Å². The Labute approximate surface area is 345 Å². The maximum atomic E-state index is 15.2. The second kappa shape index (κ2) is 14.4. The number of halogens is 2. The van der Waals surface area contributed by atoms with Crippen molar-refractivity contribution in [3.63, 3.8) is 0 Å². The molecule has 9 rings (SSSR count). The van der Waals surface area contributed by atoms with E-state index in [0.29, 0.717) is 44.3 Å². The maximum absolute atomic E-state index is 15.2. The van der Waals surface area contributed by atoms with Crippen molar-refractivity contribution in [2.45, 2.75) is 43.3 Å². The third kappa shape index (κ3) is 5.68. The van der Waals surface area contributed by atoms with Crippen molar-refractivity contribution < 1.29 is 28.6 Å². The number of rotatable bonds is 9. The van der Waals surface area contributed by atoms with Crippen LogP contribution in [0.4, 0.5) is 10.1 Å². The Morgan fingerprint density at radius 1 is 0.933 bits per heavy atom. The smallest absolute Gasteiger partial charge is 0.347 e. The molecule has 4 atom stereocenters. The van der Waals surface area contributed by atoms with E-state index in [9.17, 15) is 28.7 Å². The van der Waals surface area contributed by atoms with Crippen molar-refractivity contribution in [3.8, 4) is 17.2 Å². The minimum absolute atomic E-state index is 0.0686. The predicted octanol–water partition coefficient (Wildman–Crippen LogP) is 4.44. The van der Waals surface area contributed by atoms with Crippen molar-refractivity contribution in [3.05, 3.63) is 156 Å². The van der Waals surface area contributed by atoms with Gasteiger partial charge in [-0.1, -0.05) is 48.0 Å². The Bertz CT molecular complexity index is 2970. The average molecular weight is 834 g/mol. The number of phenolic OH excluding ortho intramolecular Hbond substituents is 1. The number of hydrogen-bond donors (Lipinski definition) is 2. The van der Waals surface area contributed by atoms with Crippen LogP contribution in [0.15, 0.2) is 111 Å². The molecule has 4 unspecified atom stereocenters. The fourth-order valence-electron chi connectivity index (χ4n) is 9.32. The Morgan fingerprint density at radius 3 is 2.33 bits per heavy atom. The summed E-state index contributed by atoms with van der Waals surface area (Å²) < 4.78 is 29.8. The lowest BCUT2D eigenvalue weighted by molar-refractivity contribution is -0.138. The van der Waals surface area contributed by atoms with Crippen LogP contribution in [0.5, 0.6) is 17.2 Å². The van der Waals surface area contributed by atoms with Crippen molar-refractivity contribution in [1.82, 2.24) is 28.5 Å². The van der Waals surface area contributed by atoms with Gasteiger partial charge in [-0.05, 0) is 60.0 Å². The van der Waals surface area contributed by atoms with Gasteiger partial charge in [-0.2, -0.15) is 5.01 Å². The molecule has 6 aromatic rings. The van der Waals surface area contributed by atoms with Crippen LogP contribution in [0.2, 0.25) is 5.02 Å². The number of anilines is 1. The first kappa shape index (κ1) is 38.6. The van der Waals surface area contributed by atoms with Gasteiger partial charge in [-0.25, -0.2) is 32.9 Å². The lowest BCUT2D eigenvalue weighted by Gasteiger charge is -2.49. The quantitative estimate of drug-likeness (QED) is 0.157. The summed E-state index contributed by atoms with van der Waals surface area (Å²) in [6.07, 6.45) is 1.62. The fraction of sp³-hybridized carbons (Fsp3) is 0.256. The molecule has 3 aliphatic rings. The Morgan fingerprint density at radius 2 is 1.63 bits per heavy atom. The van der Waals surface area contributed by atoms with E-state index in [1.807, 2.05) is 0 Å². The molecule has 2 aromatic heterocycles. The summed E-state index contributed by atoms with van der Waals surface area (Å²) in [6, 6.07) is 20.6. The number of hydrogen-bond acceptors (Lipinski definition) is 10. The van der Waals surface area contributed by atoms with Gasteiger partial charge in [0.25, 0.3) is 17.4 Å². The molecule has 1 saturated heterocycles. The number of ether oxygens (including phenoxy) is 2. The zero-order valence-corrected chi connectivity index (χ0v) is 33.2. The van der Waals surface area contributed by atoms with Gasteiger partial charge in [0.05, 0.1) is 54.9 Å². The summed E-state index contributed by atoms with van der Waals surface area (Å²) in [5, 5.41) is 12.8. The number of aromatic hydroxyl groups is 1. The van der Waals surface area contributed by atoms with Crippen LogP contribution in [-0.2, 0) is 41.6 Å². The summed E-state index contributed by atoms with van der Waals surface area (Å²) >= 11 is 6.35. The number of allylic oxidation sites excluding steroid dienone is 2. The lowest BCUT2D eigenvalue weighted by atomic mass is 9.53. The third-order valence-corrected chi connectivity index (χ3v) is 12.3. The van der Waals surface area contributed by atoms with Crippen LogP contribution in [0, 0.1) is 11.7 Å². The summed E-state index contributed by atoms with van der Waals surface area (Å²) in [7, 11) is 4.56. The van der Waals surface area contributed by atoms with Crippen LogP contribution >= 0.6 is 11.6 Å². The minimum atomic E-state index is -1.68. The van der Waals surface area contributed by atoms with Crippen LogP contribution in [-0.4, -0.2) is 59.6 Å². The Balaban J connectivity index is 1.16. The molecule has 306 valence electrons. The van der Waals surface area contributed by atoms with Crippen molar-refractivity contribution in [1.29, 1.82) is 0 Å². The number of carbonyl (C=O) groups excluding carboxylic acids is 2. The third-order valence-electron chi connectivity index (χ3n) is 12.1. The number of aryl methyl sites for hydroxylation is 2. The lowest BCUT2D eigenvalue weighted by Crippen LogP contribution is -2.53. The van der Waals surface area contributed by atoms with E-state index in [0.717, 1.165) is 9.58 Å². The second-order valence-electron chi connectivity index (χ2n) is 15.0. The molecular formula is C43H37ClFN7O8. The molecule has 4 aromatic carbocycles. The molecule has 17 heteroatoms. The van der Waals surface area contributed by atoms with Crippen LogP contribution in [0.25, 0.3) is 11.0 Å². The summed E-state index contributed by atoms with van der Waals surface area (Å²) in [5.74, 6) is -3.27. The van der Waals surface area contributed by atoms with Gasteiger partial charge in [0.1, 0.15) is 17.3 Å². The summed E-state index contributed by atoms with van der Waals surface area (Å²) in [4.78, 5) is 76.9. The molecule has 2 fully saturated rings. The largest absolute Gasteiger partial charge is 0.508 e. The molecule has 1 saturated carbocycles. The molecule has 0 bridgehead atoms. The van der Waals surface area contributed by atoms with Crippen LogP contribution < -0.4 is 31.8 Å². The predicted molar refractivity (Wildman–Crippen MR) is 218 cm³/mol. The number of imide groups is 1. The molecule has 4 heterocycles. The van der Waals surface area contributed by atoms with E-state index >= 15 is 4.79 Å². The number of carbonyl (C=O) groups is 2. The number of hydrazine groups is 1. The first-order valence-corrected chi connectivity index (χ1v) is 19.4. The monoisotopic (exact) mass is 833 g/mol. The minimum Gasteiger partial charge on any atom is -0.508 e. The SMILES string of the molecule is COc1cc2nc(CCn3c(=O)n4n(c3=O)C3CC5C(=O)N(Nc6ccc(F)cc6)C(=O)C5(c5ccc(Cl)cc5)C(c5ccccc5O)C3=CC4)c(=O)n(C)c2cc1OC. The molecule has 0 radical (unpaired) electrons. The number of nitrogens with zero attached hydrogens (tertiary/aromatic N) is 6. The van der Waals surface area contributed by atoms with Gasteiger partial charge in [-0.3, -0.25) is 19.8 Å². The average Bonchev–Trinajstić information content (AvgIpc) is 3.62.